The summed E-state index contributed by atoms with van der Waals surface area (Å²) in [5.74, 6) is 6.27. The van der Waals surface area contributed by atoms with E-state index in [4.69, 9.17) is 4.84 Å². The molecule has 0 bridgehead atoms. The molecule has 1 aliphatic heterocycles. The van der Waals surface area contributed by atoms with Gasteiger partial charge in [-0.3, -0.25) is 4.84 Å². The van der Waals surface area contributed by atoms with Crippen molar-refractivity contribution in [3.8, 4) is 11.8 Å². The zero-order valence-electron chi connectivity index (χ0n) is 10.3. The van der Waals surface area contributed by atoms with Crippen molar-refractivity contribution in [1.29, 1.82) is 0 Å². The molecule has 1 saturated heterocycles. The van der Waals surface area contributed by atoms with Gasteiger partial charge in [0, 0.05) is 50.6 Å². The van der Waals surface area contributed by atoms with Crippen molar-refractivity contribution < 1.29 is 4.84 Å². The molecule has 4 heteroatoms. The van der Waals surface area contributed by atoms with Gasteiger partial charge in [-0.1, -0.05) is 11.8 Å². The second-order valence-corrected chi connectivity index (χ2v) is 4.12. The summed E-state index contributed by atoms with van der Waals surface area (Å²) in [7, 11) is 0. The van der Waals surface area contributed by atoms with Crippen LogP contribution in [0.25, 0.3) is 0 Å². The first kappa shape index (κ1) is 12.2. The predicted molar refractivity (Wildman–Crippen MR) is 67.4 cm³/mol. The van der Waals surface area contributed by atoms with E-state index in [1.54, 1.807) is 0 Å². The minimum absolute atomic E-state index is 0.677. The van der Waals surface area contributed by atoms with E-state index in [9.17, 15) is 0 Å². The molecule has 0 amide bonds. The van der Waals surface area contributed by atoms with E-state index in [2.05, 4.69) is 29.1 Å². The molecule has 0 saturated carbocycles. The summed E-state index contributed by atoms with van der Waals surface area (Å²) >= 11 is 0. The van der Waals surface area contributed by atoms with Gasteiger partial charge in [0.15, 0.2) is 0 Å². The van der Waals surface area contributed by atoms with Crippen molar-refractivity contribution in [2.75, 3.05) is 32.8 Å². The molecule has 92 valence electrons. The lowest BCUT2D eigenvalue weighted by Crippen LogP contribution is -2.43. The molecule has 1 fully saturated rings. The van der Waals surface area contributed by atoms with Crippen molar-refractivity contribution in [2.24, 2.45) is 0 Å². The number of aromatic nitrogens is 1. The molecule has 0 aromatic carbocycles. The van der Waals surface area contributed by atoms with Gasteiger partial charge in [-0.2, -0.15) is 5.06 Å². The maximum absolute atomic E-state index is 5.62. The molecule has 4 nitrogen and oxygen atoms in total. The van der Waals surface area contributed by atoms with Crippen LogP contribution >= 0.6 is 0 Å². The summed E-state index contributed by atoms with van der Waals surface area (Å²) in [6, 6.07) is 0. The Bertz CT molecular complexity index is 396. The fourth-order valence-corrected chi connectivity index (χ4v) is 1.73. The fraction of sp³-hybridized carbons (Fsp3) is 0.538. The lowest BCUT2D eigenvalue weighted by atomic mass is 10.2. The minimum atomic E-state index is 0.677. The number of rotatable bonds is 3. The van der Waals surface area contributed by atoms with E-state index in [0.717, 1.165) is 38.2 Å². The second kappa shape index (κ2) is 6.45. The Balaban J connectivity index is 1.66. The number of nitrogens with one attached hydrogen (secondary N) is 2. The second-order valence-electron chi connectivity index (χ2n) is 4.12. The lowest BCUT2D eigenvalue weighted by Gasteiger charge is -2.25. The topological polar surface area (TPSA) is 40.3 Å². The number of hydrogen-bond donors (Lipinski definition) is 2. The lowest BCUT2D eigenvalue weighted by molar-refractivity contribution is -0.162. The van der Waals surface area contributed by atoms with Gasteiger partial charge in [0.2, 0.25) is 0 Å². The molecule has 0 radical (unpaired) electrons. The largest absolute Gasteiger partial charge is 0.366 e. The highest BCUT2D eigenvalue weighted by Gasteiger charge is 2.08. The van der Waals surface area contributed by atoms with Gasteiger partial charge in [0.1, 0.15) is 0 Å². The van der Waals surface area contributed by atoms with Crippen LogP contribution in [0.4, 0.5) is 0 Å². The summed E-state index contributed by atoms with van der Waals surface area (Å²) in [5.41, 5.74) is 2.27. The average molecular weight is 233 g/mol. The molecular formula is C13H19N3O. The van der Waals surface area contributed by atoms with Crippen LogP contribution < -0.4 is 5.32 Å². The standard InChI is InChI=1S/C13H19N3O/c1-12-10-15-11-13(12)4-2-3-9-17-16-7-5-14-6-8-16/h10-11,14-15H,3,5-9H2,1H3. The molecule has 0 atom stereocenters. The quantitative estimate of drug-likeness (QED) is 0.602. The smallest absolute Gasteiger partial charge is 0.0794 e. The van der Waals surface area contributed by atoms with E-state index in [0.29, 0.717) is 6.61 Å². The Morgan fingerprint density at radius 3 is 2.88 bits per heavy atom. The molecule has 1 aromatic rings. The van der Waals surface area contributed by atoms with Gasteiger partial charge in [-0.25, -0.2) is 0 Å². The SMILES string of the molecule is Cc1c[nH]cc1C#CCCON1CCNCC1. The first-order valence-electron chi connectivity index (χ1n) is 6.07. The van der Waals surface area contributed by atoms with E-state index < -0.39 is 0 Å². The minimum Gasteiger partial charge on any atom is -0.366 e. The van der Waals surface area contributed by atoms with Crippen molar-refractivity contribution in [3.05, 3.63) is 23.5 Å². The molecule has 1 aromatic heterocycles. The molecule has 0 spiro atoms. The van der Waals surface area contributed by atoms with Gasteiger partial charge in [0.25, 0.3) is 0 Å². The van der Waals surface area contributed by atoms with Crippen molar-refractivity contribution in [2.45, 2.75) is 13.3 Å². The Kier molecular flexibility index (Phi) is 4.63. The summed E-state index contributed by atoms with van der Waals surface area (Å²) in [5, 5.41) is 5.30. The van der Waals surface area contributed by atoms with Crippen LogP contribution in [0.5, 0.6) is 0 Å². The molecule has 0 aliphatic carbocycles. The molecular weight excluding hydrogens is 214 g/mol. The van der Waals surface area contributed by atoms with Gasteiger partial charge in [0.05, 0.1) is 6.61 Å². The zero-order chi connectivity index (χ0) is 11.9. The van der Waals surface area contributed by atoms with E-state index in [1.165, 1.54) is 5.56 Å². The van der Waals surface area contributed by atoms with Crippen LogP contribution in [0.1, 0.15) is 17.5 Å². The van der Waals surface area contributed by atoms with E-state index in [1.807, 2.05) is 17.5 Å². The Morgan fingerprint density at radius 1 is 1.35 bits per heavy atom. The number of nitrogens with zero attached hydrogens (tertiary/aromatic N) is 1. The normalized spacial score (nSPS) is 16.5. The van der Waals surface area contributed by atoms with E-state index >= 15 is 0 Å². The number of H-pyrrole nitrogens is 1. The molecule has 2 heterocycles. The summed E-state index contributed by atoms with van der Waals surface area (Å²) in [4.78, 5) is 8.66. The summed E-state index contributed by atoms with van der Waals surface area (Å²) in [6.45, 7) is 6.67. The molecule has 2 rings (SSSR count). The molecule has 2 N–H and O–H groups in total. The maximum atomic E-state index is 5.62. The van der Waals surface area contributed by atoms with Gasteiger partial charge in [-0.05, 0) is 12.5 Å². The molecule has 1 aliphatic rings. The average Bonchev–Trinajstić information content (AvgIpc) is 2.76. The van der Waals surface area contributed by atoms with Crippen LogP contribution in [-0.2, 0) is 4.84 Å². The van der Waals surface area contributed by atoms with Crippen molar-refractivity contribution in [3.63, 3.8) is 0 Å². The number of aromatic amines is 1. The highest BCUT2D eigenvalue weighted by molar-refractivity contribution is 5.38. The molecule has 0 unspecified atom stereocenters. The number of aryl methyl sites for hydroxylation is 1. The third kappa shape index (κ3) is 3.90. The van der Waals surface area contributed by atoms with Crippen molar-refractivity contribution >= 4 is 0 Å². The Labute approximate surface area is 102 Å². The van der Waals surface area contributed by atoms with Crippen LogP contribution in [0.15, 0.2) is 12.4 Å². The van der Waals surface area contributed by atoms with Crippen LogP contribution in [0.2, 0.25) is 0 Å². The molecule has 17 heavy (non-hydrogen) atoms. The number of hydrogen-bond acceptors (Lipinski definition) is 3. The predicted octanol–water partition coefficient (Wildman–Crippen LogP) is 0.902. The van der Waals surface area contributed by atoms with E-state index in [-0.39, 0.29) is 0 Å². The van der Waals surface area contributed by atoms with Crippen LogP contribution in [0.3, 0.4) is 0 Å². The first-order valence-corrected chi connectivity index (χ1v) is 6.07. The third-order valence-corrected chi connectivity index (χ3v) is 2.75. The summed E-state index contributed by atoms with van der Waals surface area (Å²) in [6.07, 6.45) is 4.66. The maximum Gasteiger partial charge on any atom is 0.0794 e. The van der Waals surface area contributed by atoms with Gasteiger partial charge < -0.3 is 10.3 Å². The highest BCUT2D eigenvalue weighted by Crippen LogP contribution is 2.03. The van der Waals surface area contributed by atoms with Crippen LogP contribution in [0, 0.1) is 18.8 Å². The van der Waals surface area contributed by atoms with Crippen molar-refractivity contribution in [1.82, 2.24) is 15.4 Å². The monoisotopic (exact) mass is 233 g/mol. The number of piperazine rings is 1. The number of hydroxylamine groups is 2. The Morgan fingerprint density at radius 2 is 2.18 bits per heavy atom. The zero-order valence-corrected chi connectivity index (χ0v) is 10.3. The van der Waals surface area contributed by atoms with Gasteiger partial charge in [-0.15, -0.1) is 0 Å². The highest BCUT2D eigenvalue weighted by atomic mass is 16.7. The fourth-order valence-electron chi connectivity index (χ4n) is 1.73. The first-order chi connectivity index (χ1) is 8.36. The summed E-state index contributed by atoms with van der Waals surface area (Å²) < 4.78 is 0. The Hall–Kier alpha value is -1.28. The van der Waals surface area contributed by atoms with Gasteiger partial charge >= 0.3 is 0 Å². The third-order valence-electron chi connectivity index (χ3n) is 2.75. The van der Waals surface area contributed by atoms with Crippen LogP contribution in [-0.4, -0.2) is 42.8 Å².